The monoisotopic (exact) mass is 384 g/mol. The number of esters is 1. The molecule has 0 radical (unpaired) electrons. The minimum absolute atomic E-state index is 0.0842. The number of aryl methyl sites for hydroxylation is 1. The standard InChI is InChI=1S/C19H16N2O5S/c1-12-15(20-18(26-12)13-6-4-3-5-7-13)11-25-19(22)14-8-9-17(27-2)16(10-14)21(23)24/h3-10H,11H2,1-2H3. The zero-order valence-corrected chi connectivity index (χ0v) is 15.5. The highest BCUT2D eigenvalue weighted by atomic mass is 32.2. The molecule has 8 heteroatoms. The van der Waals surface area contributed by atoms with Crippen molar-refractivity contribution in [3.05, 3.63) is 75.7 Å². The highest BCUT2D eigenvalue weighted by molar-refractivity contribution is 7.98. The number of ether oxygens (including phenoxy) is 1. The van der Waals surface area contributed by atoms with Crippen LogP contribution in [0.15, 0.2) is 57.8 Å². The lowest BCUT2D eigenvalue weighted by Gasteiger charge is -2.05. The molecule has 7 nitrogen and oxygen atoms in total. The topological polar surface area (TPSA) is 95.5 Å². The summed E-state index contributed by atoms with van der Waals surface area (Å²) in [5, 5.41) is 11.1. The van der Waals surface area contributed by atoms with Crippen molar-refractivity contribution in [3.63, 3.8) is 0 Å². The van der Waals surface area contributed by atoms with Gasteiger partial charge in [0.25, 0.3) is 5.69 Å². The molecule has 0 amide bonds. The van der Waals surface area contributed by atoms with Crippen LogP contribution >= 0.6 is 11.8 Å². The number of benzene rings is 2. The number of oxazole rings is 1. The second-order valence-electron chi connectivity index (χ2n) is 5.61. The SMILES string of the molecule is CSc1ccc(C(=O)OCc2nc(-c3ccccc3)oc2C)cc1[N+](=O)[O-]. The van der Waals surface area contributed by atoms with E-state index in [1.165, 1.54) is 30.0 Å². The van der Waals surface area contributed by atoms with E-state index in [1.807, 2.05) is 30.3 Å². The fourth-order valence-corrected chi connectivity index (χ4v) is 2.99. The zero-order valence-electron chi connectivity index (χ0n) is 14.7. The van der Waals surface area contributed by atoms with Crippen molar-refractivity contribution in [1.29, 1.82) is 0 Å². The van der Waals surface area contributed by atoms with E-state index in [9.17, 15) is 14.9 Å². The van der Waals surface area contributed by atoms with Crippen molar-refractivity contribution in [2.24, 2.45) is 0 Å². The molecule has 0 spiro atoms. The van der Waals surface area contributed by atoms with Crippen molar-refractivity contribution >= 4 is 23.4 Å². The van der Waals surface area contributed by atoms with Gasteiger partial charge in [-0.2, -0.15) is 0 Å². The number of rotatable bonds is 6. The van der Waals surface area contributed by atoms with Gasteiger partial charge in [0.05, 0.1) is 15.4 Å². The van der Waals surface area contributed by atoms with Crippen molar-refractivity contribution < 1.29 is 18.9 Å². The van der Waals surface area contributed by atoms with Gasteiger partial charge < -0.3 is 9.15 Å². The highest BCUT2D eigenvalue weighted by Crippen LogP contribution is 2.29. The fourth-order valence-electron chi connectivity index (χ4n) is 2.44. The first kappa shape index (κ1) is 18.7. The van der Waals surface area contributed by atoms with E-state index in [0.717, 1.165) is 5.56 Å². The summed E-state index contributed by atoms with van der Waals surface area (Å²) in [5.74, 6) is 0.332. The maximum Gasteiger partial charge on any atom is 0.338 e. The number of nitro benzene ring substituents is 1. The molecule has 0 saturated carbocycles. The summed E-state index contributed by atoms with van der Waals surface area (Å²) >= 11 is 1.24. The van der Waals surface area contributed by atoms with E-state index in [-0.39, 0.29) is 17.9 Å². The summed E-state index contributed by atoms with van der Waals surface area (Å²) < 4.78 is 10.9. The average Bonchev–Trinajstić information content (AvgIpc) is 3.06. The number of nitro groups is 1. The predicted octanol–water partition coefficient (Wildman–Crippen LogP) is 4.64. The van der Waals surface area contributed by atoms with E-state index in [2.05, 4.69) is 4.98 Å². The summed E-state index contributed by atoms with van der Waals surface area (Å²) in [6.07, 6.45) is 1.73. The molecular weight excluding hydrogens is 368 g/mol. The van der Waals surface area contributed by atoms with Gasteiger partial charge in [0.1, 0.15) is 18.1 Å². The van der Waals surface area contributed by atoms with Crippen molar-refractivity contribution in [3.8, 4) is 11.5 Å². The Balaban J connectivity index is 1.74. The van der Waals surface area contributed by atoms with Gasteiger partial charge in [0.15, 0.2) is 0 Å². The molecule has 1 aromatic heterocycles. The first-order valence-electron chi connectivity index (χ1n) is 8.01. The van der Waals surface area contributed by atoms with Crippen LogP contribution in [0.4, 0.5) is 5.69 Å². The molecule has 0 fully saturated rings. The van der Waals surface area contributed by atoms with Crippen LogP contribution in [0.5, 0.6) is 0 Å². The number of thioether (sulfide) groups is 1. The molecule has 2 aromatic carbocycles. The Kier molecular flexibility index (Phi) is 5.56. The molecule has 138 valence electrons. The molecule has 1 heterocycles. The molecular formula is C19H16N2O5S. The first-order chi connectivity index (χ1) is 13.0. The number of hydrogen-bond acceptors (Lipinski definition) is 7. The van der Waals surface area contributed by atoms with Crippen LogP contribution in [0.1, 0.15) is 21.8 Å². The minimum Gasteiger partial charge on any atom is -0.455 e. The van der Waals surface area contributed by atoms with Crippen LogP contribution in [0, 0.1) is 17.0 Å². The summed E-state index contributed by atoms with van der Waals surface area (Å²) in [4.78, 5) is 27.7. The average molecular weight is 384 g/mol. The Morgan fingerprint density at radius 1 is 1.26 bits per heavy atom. The van der Waals surface area contributed by atoms with E-state index >= 15 is 0 Å². The molecule has 3 aromatic rings. The Bertz CT molecular complexity index is 985. The van der Waals surface area contributed by atoms with Crippen molar-refractivity contribution in [2.75, 3.05) is 6.26 Å². The minimum atomic E-state index is -0.658. The third-order valence-electron chi connectivity index (χ3n) is 3.86. The highest BCUT2D eigenvalue weighted by Gasteiger charge is 2.19. The predicted molar refractivity (Wildman–Crippen MR) is 101 cm³/mol. The third kappa shape index (κ3) is 4.17. The molecule has 0 N–H and O–H groups in total. The summed E-state index contributed by atoms with van der Waals surface area (Å²) in [5.41, 5.74) is 1.31. The number of aromatic nitrogens is 1. The molecule has 27 heavy (non-hydrogen) atoms. The molecule has 0 aliphatic heterocycles. The van der Waals surface area contributed by atoms with Crippen LogP contribution in [0.2, 0.25) is 0 Å². The quantitative estimate of drug-likeness (QED) is 0.264. The van der Waals surface area contributed by atoms with Crippen molar-refractivity contribution in [1.82, 2.24) is 4.98 Å². The third-order valence-corrected chi connectivity index (χ3v) is 4.65. The lowest BCUT2D eigenvalue weighted by Crippen LogP contribution is -2.07. The van der Waals surface area contributed by atoms with E-state index in [4.69, 9.17) is 9.15 Å². The van der Waals surface area contributed by atoms with Crippen LogP contribution < -0.4 is 0 Å². The first-order valence-corrected chi connectivity index (χ1v) is 9.23. The molecule has 0 unspecified atom stereocenters. The van der Waals surface area contributed by atoms with Crippen LogP contribution in [-0.2, 0) is 11.3 Å². The van der Waals surface area contributed by atoms with Gasteiger partial charge in [-0.05, 0) is 37.4 Å². The summed E-state index contributed by atoms with van der Waals surface area (Å²) in [6.45, 7) is 1.65. The maximum atomic E-state index is 12.3. The van der Waals surface area contributed by atoms with Gasteiger partial charge in [-0.1, -0.05) is 18.2 Å². The molecule has 0 bridgehead atoms. The van der Waals surface area contributed by atoms with Crippen LogP contribution in [0.25, 0.3) is 11.5 Å². The Morgan fingerprint density at radius 3 is 2.67 bits per heavy atom. The zero-order chi connectivity index (χ0) is 19.4. The number of carbonyl (C=O) groups excluding carboxylic acids is 1. The van der Waals surface area contributed by atoms with Gasteiger partial charge >= 0.3 is 5.97 Å². The van der Waals surface area contributed by atoms with Crippen molar-refractivity contribution in [2.45, 2.75) is 18.4 Å². The van der Waals surface area contributed by atoms with Gasteiger partial charge in [-0.3, -0.25) is 10.1 Å². The lowest BCUT2D eigenvalue weighted by molar-refractivity contribution is -0.387. The van der Waals surface area contributed by atoms with Gasteiger partial charge in [0.2, 0.25) is 5.89 Å². The molecule has 3 rings (SSSR count). The maximum absolute atomic E-state index is 12.3. The van der Waals surface area contributed by atoms with E-state index in [1.54, 1.807) is 13.2 Å². The molecule has 0 atom stereocenters. The van der Waals surface area contributed by atoms with Gasteiger partial charge in [-0.25, -0.2) is 9.78 Å². The molecule has 0 aliphatic carbocycles. The second-order valence-corrected chi connectivity index (χ2v) is 6.46. The second kappa shape index (κ2) is 8.05. The Morgan fingerprint density at radius 2 is 2.00 bits per heavy atom. The fraction of sp³-hybridized carbons (Fsp3) is 0.158. The normalized spacial score (nSPS) is 10.6. The molecule has 0 saturated heterocycles. The molecule has 0 aliphatic rings. The smallest absolute Gasteiger partial charge is 0.338 e. The number of nitrogens with zero attached hydrogens (tertiary/aromatic N) is 2. The Labute approximate surface area is 159 Å². The number of carbonyl (C=O) groups is 1. The lowest BCUT2D eigenvalue weighted by atomic mass is 10.2. The Hall–Kier alpha value is -3.13. The van der Waals surface area contributed by atoms with E-state index < -0.39 is 10.9 Å². The van der Waals surface area contributed by atoms with Crippen LogP contribution in [-0.4, -0.2) is 22.1 Å². The van der Waals surface area contributed by atoms with Gasteiger partial charge in [-0.15, -0.1) is 11.8 Å². The summed E-state index contributed by atoms with van der Waals surface area (Å²) in [6, 6.07) is 13.6. The summed E-state index contributed by atoms with van der Waals surface area (Å²) in [7, 11) is 0. The van der Waals surface area contributed by atoms with Crippen LogP contribution in [0.3, 0.4) is 0 Å². The van der Waals surface area contributed by atoms with Gasteiger partial charge in [0, 0.05) is 11.6 Å². The largest absolute Gasteiger partial charge is 0.455 e. The number of hydrogen-bond donors (Lipinski definition) is 0. The van der Waals surface area contributed by atoms with E-state index in [0.29, 0.717) is 22.2 Å².